The Morgan fingerprint density at radius 1 is 1.50 bits per heavy atom. The van der Waals surface area contributed by atoms with Crippen molar-refractivity contribution < 1.29 is 9.18 Å². The highest BCUT2D eigenvalue weighted by Crippen LogP contribution is 2.15. The number of hydrogen-bond acceptors (Lipinski definition) is 2. The second-order valence-corrected chi connectivity index (χ2v) is 3.76. The van der Waals surface area contributed by atoms with Crippen molar-refractivity contribution in [3.8, 4) is 0 Å². The van der Waals surface area contributed by atoms with Crippen molar-refractivity contribution in [1.29, 1.82) is 0 Å². The molecule has 0 atom stereocenters. The molecule has 0 heterocycles. The maximum absolute atomic E-state index is 12.8. The normalized spacial score (nSPS) is 10.2. The van der Waals surface area contributed by atoms with Crippen LogP contribution in [0.5, 0.6) is 0 Å². The molecule has 1 aromatic rings. The number of nitrogens with one attached hydrogen (secondary N) is 2. The molecule has 88 valence electrons. The molecule has 0 spiro atoms. The van der Waals surface area contributed by atoms with Crippen LogP contribution in [0.2, 0.25) is 5.02 Å². The quantitative estimate of drug-likeness (QED) is 0.775. The van der Waals surface area contributed by atoms with Crippen LogP contribution in [0.15, 0.2) is 18.2 Å². The summed E-state index contributed by atoms with van der Waals surface area (Å²) in [5.74, 6) is -0.430. The molecule has 1 amide bonds. The van der Waals surface area contributed by atoms with E-state index in [4.69, 9.17) is 11.6 Å². The lowest BCUT2D eigenvalue weighted by Crippen LogP contribution is -2.24. The van der Waals surface area contributed by atoms with Crippen molar-refractivity contribution >= 4 is 17.5 Å². The highest BCUT2D eigenvalue weighted by atomic mass is 35.5. The van der Waals surface area contributed by atoms with Gasteiger partial charge < -0.3 is 10.6 Å². The number of benzene rings is 1. The van der Waals surface area contributed by atoms with E-state index in [9.17, 15) is 9.18 Å². The fourth-order valence-corrected chi connectivity index (χ4v) is 1.41. The van der Waals surface area contributed by atoms with Gasteiger partial charge in [-0.15, -0.1) is 0 Å². The highest BCUT2D eigenvalue weighted by molar-refractivity contribution is 6.30. The van der Waals surface area contributed by atoms with Crippen LogP contribution in [0.4, 0.5) is 4.39 Å². The third-order valence-corrected chi connectivity index (χ3v) is 2.41. The zero-order valence-electron chi connectivity index (χ0n) is 9.02. The lowest BCUT2D eigenvalue weighted by atomic mass is 10.2. The SMILES string of the molecule is CNC(=O)CCNCc1ccc(F)c(Cl)c1. The molecule has 3 nitrogen and oxygen atoms in total. The molecule has 2 N–H and O–H groups in total. The van der Waals surface area contributed by atoms with Crippen LogP contribution in [0, 0.1) is 5.82 Å². The van der Waals surface area contributed by atoms with E-state index in [2.05, 4.69) is 10.6 Å². The van der Waals surface area contributed by atoms with E-state index in [0.29, 0.717) is 19.5 Å². The Morgan fingerprint density at radius 2 is 2.25 bits per heavy atom. The summed E-state index contributed by atoms with van der Waals surface area (Å²) in [5, 5.41) is 5.72. The first-order valence-corrected chi connectivity index (χ1v) is 5.36. The largest absolute Gasteiger partial charge is 0.359 e. The summed E-state index contributed by atoms with van der Waals surface area (Å²) < 4.78 is 12.8. The van der Waals surface area contributed by atoms with Crippen LogP contribution in [0.25, 0.3) is 0 Å². The van der Waals surface area contributed by atoms with E-state index in [0.717, 1.165) is 5.56 Å². The molecule has 0 unspecified atom stereocenters. The highest BCUT2D eigenvalue weighted by Gasteiger charge is 2.01. The van der Waals surface area contributed by atoms with Gasteiger partial charge in [-0.3, -0.25) is 4.79 Å². The Hall–Kier alpha value is -1.13. The number of carbonyl (C=O) groups is 1. The van der Waals surface area contributed by atoms with Crippen molar-refractivity contribution in [2.45, 2.75) is 13.0 Å². The molecule has 5 heteroatoms. The first-order valence-electron chi connectivity index (χ1n) is 4.98. The maximum atomic E-state index is 12.8. The second kappa shape index (κ2) is 6.45. The minimum absolute atomic E-state index is 0.00959. The topological polar surface area (TPSA) is 41.1 Å². The predicted octanol–water partition coefficient (Wildman–Crippen LogP) is 1.70. The predicted molar refractivity (Wildman–Crippen MR) is 61.8 cm³/mol. The van der Waals surface area contributed by atoms with Gasteiger partial charge in [0.15, 0.2) is 0 Å². The van der Waals surface area contributed by atoms with Crippen LogP contribution in [0.3, 0.4) is 0 Å². The van der Waals surface area contributed by atoms with Gasteiger partial charge in [-0.25, -0.2) is 4.39 Å². The number of rotatable bonds is 5. The van der Waals surface area contributed by atoms with Crippen LogP contribution in [-0.4, -0.2) is 19.5 Å². The number of amides is 1. The summed E-state index contributed by atoms with van der Waals surface area (Å²) in [6, 6.07) is 4.57. The second-order valence-electron chi connectivity index (χ2n) is 3.35. The molecular weight excluding hydrogens is 231 g/mol. The summed E-state index contributed by atoms with van der Waals surface area (Å²) in [7, 11) is 1.60. The van der Waals surface area contributed by atoms with Crippen LogP contribution < -0.4 is 10.6 Å². The molecule has 0 aromatic heterocycles. The molecule has 1 rings (SSSR count). The van der Waals surface area contributed by atoms with E-state index in [1.165, 1.54) is 6.07 Å². The van der Waals surface area contributed by atoms with E-state index < -0.39 is 5.82 Å². The summed E-state index contributed by atoms with van der Waals surface area (Å²) in [6.07, 6.45) is 0.422. The molecule has 0 aliphatic carbocycles. The van der Waals surface area contributed by atoms with Crippen molar-refractivity contribution in [1.82, 2.24) is 10.6 Å². The lowest BCUT2D eigenvalue weighted by molar-refractivity contribution is -0.120. The van der Waals surface area contributed by atoms with E-state index >= 15 is 0 Å². The molecule has 16 heavy (non-hydrogen) atoms. The Bertz CT molecular complexity index is 371. The zero-order valence-corrected chi connectivity index (χ0v) is 9.77. The minimum Gasteiger partial charge on any atom is -0.359 e. The van der Waals surface area contributed by atoms with Gasteiger partial charge in [0, 0.05) is 26.6 Å². The Kier molecular flexibility index (Phi) is 5.22. The van der Waals surface area contributed by atoms with E-state index in [-0.39, 0.29) is 10.9 Å². The maximum Gasteiger partial charge on any atom is 0.221 e. The third kappa shape index (κ3) is 4.16. The van der Waals surface area contributed by atoms with Gasteiger partial charge in [0.25, 0.3) is 0 Å². The molecule has 0 bridgehead atoms. The molecule has 0 saturated heterocycles. The van der Waals surface area contributed by atoms with Gasteiger partial charge in [0.1, 0.15) is 5.82 Å². The van der Waals surface area contributed by atoms with Gasteiger partial charge >= 0.3 is 0 Å². The number of carbonyl (C=O) groups excluding carboxylic acids is 1. The standard InChI is InChI=1S/C11H14ClFN2O/c1-14-11(16)4-5-15-7-8-2-3-10(13)9(12)6-8/h2-3,6,15H,4-5,7H2,1H3,(H,14,16). The zero-order chi connectivity index (χ0) is 12.0. The molecule has 0 aliphatic heterocycles. The van der Waals surface area contributed by atoms with Gasteiger partial charge in [-0.05, 0) is 17.7 Å². The summed E-state index contributed by atoms with van der Waals surface area (Å²) in [4.78, 5) is 10.9. The number of halogens is 2. The molecule has 0 saturated carbocycles. The Morgan fingerprint density at radius 3 is 2.88 bits per heavy atom. The van der Waals surface area contributed by atoms with Crippen molar-refractivity contribution in [3.05, 3.63) is 34.6 Å². The van der Waals surface area contributed by atoms with Gasteiger partial charge in [0.05, 0.1) is 5.02 Å². The van der Waals surface area contributed by atoms with Crippen molar-refractivity contribution in [3.63, 3.8) is 0 Å². The summed E-state index contributed by atoms with van der Waals surface area (Å²) in [5.41, 5.74) is 0.892. The average Bonchev–Trinajstić information content (AvgIpc) is 2.28. The Labute approximate surface area is 99.0 Å². The van der Waals surface area contributed by atoms with Crippen LogP contribution in [-0.2, 0) is 11.3 Å². The van der Waals surface area contributed by atoms with E-state index in [1.807, 2.05) is 0 Å². The van der Waals surface area contributed by atoms with Gasteiger partial charge in [0.2, 0.25) is 5.91 Å². The molecule has 0 fully saturated rings. The smallest absolute Gasteiger partial charge is 0.221 e. The minimum atomic E-state index is -0.421. The summed E-state index contributed by atoms with van der Waals surface area (Å²) >= 11 is 5.63. The van der Waals surface area contributed by atoms with Gasteiger partial charge in [-0.2, -0.15) is 0 Å². The van der Waals surface area contributed by atoms with Crippen molar-refractivity contribution in [2.75, 3.05) is 13.6 Å². The van der Waals surface area contributed by atoms with E-state index in [1.54, 1.807) is 19.2 Å². The average molecular weight is 245 g/mol. The van der Waals surface area contributed by atoms with Crippen molar-refractivity contribution in [2.24, 2.45) is 0 Å². The Balaban J connectivity index is 2.32. The molecule has 0 radical (unpaired) electrons. The first kappa shape index (κ1) is 12.9. The third-order valence-electron chi connectivity index (χ3n) is 2.12. The lowest BCUT2D eigenvalue weighted by Gasteiger charge is -2.05. The summed E-state index contributed by atoms with van der Waals surface area (Å²) in [6.45, 7) is 1.14. The first-order chi connectivity index (χ1) is 7.63. The monoisotopic (exact) mass is 244 g/mol. The van der Waals surface area contributed by atoms with Crippen LogP contribution >= 0.6 is 11.6 Å². The van der Waals surface area contributed by atoms with Gasteiger partial charge in [-0.1, -0.05) is 17.7 Å². The fourth-order valence-electron chi connectivity index (χ4n) is 1.21. The molecule has 0 aliphatic rings. The van der Waals surface area contributed by atoms with Crippen LogP contribution in [0.1, 0.15) is 12.0 Å². The molecular formula is C11H14ClFN2O. The molecule has 1 aromatic carbocycles. The fraction of sp³-hybridized carbons (Fsp3) is 0.364. The number of hydrogen-bond donors (Lipinski definition) is 2.